The average Bonchev–Trinajstić information content (AvgIpc) is 3.38. The first-order valence-corrected chi connectivity index (χ1v) is 16.3. The highest BCUT2D eigenvalue weighted by molar-refractivity contribution is 5.73. The fourth-order valence-electron chi connectivity index (χ4n) is 7.11. The van der Waals surface area contributed by atoms with Crippen molar-refractivity contribution in [1.29, 1.82) is 0 Å². The fraction of sp³-hybridized carbons (Fsp3) is 0.382. The summed E-state index contributed by atoms with van der Waals surface area (Å²) in [5.74, 6) is 0.0746. The van der Waals surface area contributed by atoms with E-state index in [1.807, 2.05) is 18.3 Å². The molecule has 2 fully saturated rings. The molecule has 2 saturated heterocycles. The van der Waals surface area contributed by atoms with Gasteiger partial charge in [0.25, 0.3) is 11.1 Å². The molecule has 248 valence electrons. The summed E-state index contributed by atoms with van der Waals surface area (Å²) in [6.07, 6.45) is 9.45. The van der Waals surface area contributed by atoms with Gasteiger partial charge in [-0.25, -0.2) is 14.4 Å². The third-order valence-electron chi connectivity index (χ3n) is 9.83. The van der Waals surface area contributed by atoms with Gasteiger partial charge in [0.15, 0.2) is 17.2 Å². The molecule has 0 radical (unpaired) electrons. The van der Waals surface area contributed by atoms with E-state index in [4.69, 9.17) is 4.74 Å². The molecular weight excluding hydrogens is 617 g/mol. The van der Waals surface area contributed by atoms with Crippen molar-refractivity contribution in [1.82, 2.24) is 33.6 Å². The Bertz CT molecular complexity index is 2130. The van der Waals surface area contributed by atoms with Crippen LogP contribution in [0.1, 0.15) is 29.7 Å². The second kappa shape index (κ2) is 12.3. The molecule has 0 bridgehead atoms. The van der Waals surface area contributed by atoms with Crippen LogP contribution in [0.25, 0.3) is 22.5 Å². The van der Waals surface area contributed by atoms with Crippen LogP contribution < -0.4 is 21.3 Å². The Morgan fingerprint density at radius 3 is 2.58 bits per heavy atom. The molecule has 5 aromatic rings. The number of nitrogens with zero attached hydrogens (tertiary/aromatic N) is 8. The molecule has 0 atom stereocenters. The first kappa shape index (κ1) is 30.4. The third-order valence-corrected chi connectivity index (χ3v) is 9.83. The van der Waals surface area contributed by atoms with Gasteiger partial charge in [0, 0.05) is 68.0 Å². The normalized spacial score (nSPS) is 17.0. The topological polar surface area (TPSA) is 135 Å². The van der Waals surface area contributed by atoms with E-state index in [1.54, 1.807) is 29.8 Å². The zero-order valence-corrected chi connectivity index (χ0v) is 26.6. The Morgan fingerprint density at radius 1 is 1.04 bits per heavy atom. The van der Waals surface area contributed by atoms with Crippen molar-refractivity contribution in [2.45, 2.75) is 38.3 Å². The molecule has 8 rings (SSSR count). The van der Waals surface area contributed by atoms with Gasteiger partial charge in [0.1, 0.15) is 17.8 Å². The summed E-state index contributed by atoms with van der Waals surface area (Å²) in [5, 5.41) is 18.1. The number of nitrogens with one attached hydrogen (secondary N) is 1. The fourth-order valence-corrected chi connectivity index (χ4v) is 7.11. The first-order valence-electron chi connectivity index (χ1n) is 16.3. The number of aromatic nitrogens is 6. The highest BCUT2D eigenvalue weighted by Gasteiger charge is 2.29. The Morgan fingerprint density at radius 2 is 1.85 bits per heavy atom. The van der Waals surface area contributed by atoms with Crippen molar-refractivity contribution in [3.63, 3.8) is 0 Å². The Hall–Kier alpha value is -4.92. The third kappa shape index (κ3) is 5.16. The Kier molecular flexibility index (Phi) is 7.77. The molecular formula is C34H36FN9O4. The molecule has 2 aliphatic heterocycles. The number of aliphatic hydroxyl groups excluding tert-OH is 1. The maximum absolute atomic E-state index is 15.5. The summed E-state index contributed by atoms with van der Waals surface area (Å²) in [4.78, 5) is 40.6. The SMILES string of the molecule is Cn1cc(-c2ccnc(-n3ncn4c5c(c(F)c4c3=O)CCCC5)c2CO)cc(Nc2ccc(N3CCN(C4COC4)CC3)cn2)c1=O. The van der Waals surface area contributed by atoms with Crippen LogP contribution in [0, 0.1) is 5.82 Å². The van der Waals surface area contributed by atoms with Crippen LogP contribution >= 0.6 is 0 Å². The van der Waals surface area contributed by atoms with Gasteiger partial charge in [0.2, 0.25) is 0 Å². The predicted octanol–water partition coefficient (Wildman–Crippen LogP) is 2.42. The molecule has 7 heterocycles. The lowest BCUT2D eigenvalue weighted by atomic mass is 9.98. The maximum atomic E-state index is 15.5. The predicted molar refractivity (Wildman–Crippen MR) is 178 cm³/mol. The van der Waals surface area contributed by atoms with Gasteiger partial charge in [-0.2, -0.15) is 9.78 Å². The number of aryl methyl sites for hydroxylation is 2. The van der Waals surface area contributed by atoms with Crippen LogP contribution in [-0.2, 0) is 31.2 Å². The lowest BCUT2D eigenvalue weighted by Crippen LogP contribution is -2.56. The van der Waals surface area contributed by atoms with Gasteiger partial charge in [-0.05, 0) is 55.5 Å². The summed E-state index contributed by atoms with van der Waals surface area (Å²) in [5.41, 5.74) is 3.09. The molecule has 2 N–H and O–H groups in total. The van der Waals surface area contributed by atoms with Crippen LogP contribution in [0.2, 0.25) is 0 Å². The van der Waals surface area contributed by atoms with Gasteiger partial charge in [-0.15, -0.1) is 0 Å². The molecule has 0 saturated carbocycles. The van der Waals surface area contributed by atoms with E-state index in [0.717, 1.165) is 68.3 Å². The summed E-state index contributed by atoms with van der Waals surface area (Å²) < 4.78 is 24.8. The smallest absolute Gasteiger partial charge is 0.300 e. The number of anilines is 3. The molecule has 0 unspecified atom stereocenters. The van der Waals surface area contributed by atoms with E-state index in [1.165, 1.54) is 17.1 Å². The van der Waals surface area contributed by atoms with Crippen LogP contribution in [-0.4, -0.2) is 84.2 Å². The molecule has 14 heteroatoms. The molecule has 13 nitrogen and oxygen atoms in total. The van der Waals surface area contributed by atoms with E-state index in [9.17, 15) is 14.7 Å². The van der Waals surface area contributed by atoms with Crippen molar-refractivity contribution in [3.05, 3.63) is 92.5 Å². The zero-order chi connectivity index (χ0) is 32.9. The largest absolute Gasteiger partial charge is 0.392 e. The minimum absolute atomic E-state index is 0.0777. The van der Waals surface area contributed by atoms with E-state index >= 15 is 4.39 Å². The molecule has 5 aromatic heterocycles. The van der Waals surface area contributed by atoms with E-state index < -0.39 is 18.0 Å². The molecule has 3 aliphatic rings. The van der Waals surface area contributed by atoms with Crippen LogP contribution in [0.4, 0.5) is 21.6 Å². The second-order valence-corrected chi connectivity index (χ2v) is 12.6. The minimum Gasteiger partial charge on any atom is -0.392 e. The van der Waals surface area contributed by atoms with Crippen molar-refractivity contribution < 1.29 is 14.2 Å². The number of fused-ring (bicyclic) bond motifs is 3. The number of aliphatic hydroxyl groups is 1. The van der Waals surface area contributed by atoms with Gasteiger partial charge < -0.3 is 24.6 Å². The summed E-state index contributed by atoms with van der Waals surface area (Å²) in [7, 11) is 1.64. The highest BCUT2D eigenvalue weighted by atomic mass is 19.1. The maximum Gasteiger partial charge on any atom is 0.300 e. The number of rotatable bonds is 7. The number of pyridine rings is 3. The van der Waals surface area contributed by atoms with Gasteiger partial charge in [0.05, 0.1) is 37.7 Å². The van der Waals surface area contributed by atoms with Gasteiger partial charge in [-0.1, -0.05) is 0 Å². The number of halogens is 1. The van der Waals surface area contributed by atoms with Crippen LogP contribution in [0.5, 0.6) is 0 Å². The number of hydrogen-bond acceptors (Lipinski definition) is 10. The molecule has 48 heavy (non-hydrogen) atoms. The molecule has 0 aromatic carbocycles. The number of ether oxygens (including phenoxy) is 1. The lowest BCUT2D eigenvalue weighted by Gasteiger charge is -2.43. The first-order chi connectivity index (χ1) is 23.4. The van der Waals surface area contributed by atoms with E-state index in [0.29, 0.717) is 47.0 Å². The zero-order valence-electron chi connectivity index (χ0n) is 26.6. The summed E-state index contributed by atoms with van der Waals surface area (Å²) in [6, 6.07) is 7.76. The summed E-state index contributed by atoms with van der Waals surface area (Å²) >= 11 is 0. The molecule has 1 aliphatic carbocycles. The lowest BCUT2D eigenvalue weighted by molar-refractivity contribution is -0.0660. The van der Waals surface area contributed by atoms with Gasteiger partial charge >= 0.3 is 0 Å². The standard InChI is InChI=1S/C34H36FN9O4/c1-40-16-21(14-27(33(40)46)39-29-7-6-22(15-37-29)41-10-12-42(13-11-41)23-18-48-19-23)24-8-9-36-32(26(24)17-45)44-34(47)31-30(35)25-4-2-3-5-28(25)43(31)20-38-44/h6-9,14-16,20,23,45H,2-5,10-13,17-19H2,1H3,(H,37,39). The molecule has 0 amide bonds. The van der Waals surface area contributed by atoms with Crippen LogP contribution in [0.3, 0.4) is 0 Å². The van der Waals surface area contributed by atoms with Crippen molar-refractivity contribution >= 4 is 22.7 Å². The molecule has 0 spiro atoms. The second-order valence-electron chi connectivity index (χ2n) is 12.6. The van der Waals surface area contributed by atoms with Crippen molar-refractivity contribution in [2.24, 2.45) is 7.05 Å². The van der Waals surface area contributed by atoms with Crippen molar-refractivity contribution in [2.75, 3.05) is 49.6 Å². The van der Waals surface area contributed by atoms with E-state index in [-0.39, 0.29) is 22.6 Å². The van der Waals surface area contributed by atoms with Gasteiger partial charge in [-0.3, -0.25) is 18.9 Å². The quantitative estimate of drug-likeness (QED) is 0.270. The average molecular weight is 654 g/mol. The summed E-state index contributed by atoms with van der Waals surface area (Å²) in [6.45, 7) is 4.93. The minimum atomic E-state index is -0.657. The van der Waals surface area contributed by atoms with Crippen molar-refractivity contribution in [3.8, 4) is 16.9 Å². The monoisotopic (exact) mass is 653 g/mol. The van der Waals surface area contributed by atoms with Crippen LogP contribution in [0.15, 0.2) is 58.8 Å². The number of hydrogen-bond donors (Lipinski definition) is 2. The Balaban J connectivity index is 1.09. The Labute approximate surface area is 274 Å². The highest BCUT2D eigenvalue weighted by Crippen LogP contribution is 2.30. The van der Waals surface area contributed by atoms with E-state index in [2.05, 4.69) is 30.2 Å². The number of piperazine rings is 1.